The van der Waals surface area contributed by atoms with Crippen LogP contribution in [0.2, 0.25) is 36.3 Å². The number of hydrogen-bond donors (Lipinski definition) is 0. The zero-order valence-electron chi connectivity index (χ0n) is 18.1. The summed E-state index contributed by atoms with van der Waals surface area (Å²) in [4.78, 5) is 0. The van der Waals surface area contributed by atoms with Crippen LogP contribution < -0.4 is 0 Å². The van der Waals surface area contributed by atoms with E-state index in [0.717, 1.165) is 0 Å². The maximum atomic E-state index is 6.79. The first-order valence-corrected chi connectivity index (χ1v) is 16.1. The van der Waals surface area contributed by atoms with Crippen LogP contribution in [0.15, 0.2) is 9.66 Å². The van der Waals surface area contributed by atoms with E-state index >= 15 is 0 Å². The van der Waals surface area contributed by atoms with Crippen LogP contribution in [0.5, 0.6) is 0 Å². The van der Waals surface area contributed by atoms with Crippen LogP contribution in [0, 0.1) is 5.92 Å². The van der Waals surface area contributed by atoms with Gasteiger partial charge in [0.15, 0.2) is 16.6 Å². The molecule has 0 spiro atoms. The molecule has 0 radical (unpaired) electrons. The summed E-state index contributed by atoms with van der Waals surface area (Å²) in [7, 11) is -3.59. The van der Waals surface area contributed by atoms with Crippen molar-refractivity contribution in [2.45, 2.75) is 97.8 Å². The Labute approximate surface area is 167 Å². The molecular formula is C19H41IO2Si2. The topological polar surface area (TPSA) is 18.5 Å². The highest BCUT2D eigenvalue weighted by atomic mass is 127. The first-order valence-electron chi connectivity index (χ1n) is 9.05. The van der Waals surface area contributed by atoms with Crippen molar-refractivity contribution in [3.63, 3.8) is 0 Å². The van der Waals surface area contributed by atoms with Crippen molar-refractivity contribution >= 4 is 39.2 Å². The fourth-order valence-corrected chi connectivity index (χ4v) is 4.70. The lowest BCUT2D eigenvalue weighted by Gasteiger charge is -2.43. The van der Waals surface area contributed by atoms with Crippen LogP contribution >= 0.6 is 22.6 Å². The predicted molar refractivity (Wildman–Crippen MR) is 122 cm³/mol. The fourth-order valence-electron chi connectivity index (χ4n) is 1.74. The van der Waals surface area contributed by atoms with Gasteiger partial charge < -0.3 is 8.85 Å². The summed E-state index contributed by atoms with van der Waals surface area (Å²) in [5.41, 5.74) is 1.37. The Morgan fingerprint density at radius 1 is 0.958 bits per heavy atom. The van der Waals surface area contributed by atoms with Crippen LogP contribution in [0.3, 0.4) is 0 Å². The molecule has 144 valence electrons. The third kappa shape index (κ3) is 6.85. The van der Waals surface area contributed by atoms with Gasteiger partial charge >= 0.3 is 0 Å². The molecule has 0 heterocycles. The number of rotatable bonds is 7. The van der Waals surface area contributed by atoms with E-state index in [1.165, 1.54) is 5.57 Å². The number of halogens is 1. The minimum Gasteiger partial charge on any atom is -0.414 e. The Balaban J connectivity index is 5.38. The molecule has 0 aromatic rings. The molecule has 2 atom stereocenters. The summed E-state index contributed by atoms with van der Waals surface area (Å²) in [6.45, 7) is 28.3. The van der Waals surface area contributed by atoms with Gasteiger partial charge in [-0.25, -0.2) is 0 Å². The van der Waals surface area contributed by atoms with Crippen molar-refractivity contribution in [1.82, 2.24) is 0 Å². The van der Waals surface area contributed by atoms with Crippen LogP contribution in [0.25, 0.3) is 0 Å². The molecule has 0 bridgehead atoms. The highest BCUT2D eigenvalue weighted by Crippen LogP contribution is 2.40. The molecule has 0 aliphatic rings. The molecule has 0 aromatic carbocycles. The van der Waals surface area contributed by atoms with Gasteiger partial charge in [0.05, 0.1) is 12.7 Å². The van der Waals surface area contributed by atoms with Gasteiger partial charge in [-0.1, -0.05) is 76.6 Å². The van der Waals surface area contributed by atoms with Gasteiger partial charge in [0.25, 0.3) is 0 Å². The molecule has 0 rings (SSSR count). The van der Waals surface area contributed by atoms with Crippen LogP contribution in [-0.2, 0) is 8.85 Å². The quantitative estimate of drug-likeness (QED) is 0.277. The SMILES string of the molecule is C/C(=C\I)[C@@H](C)[C@H](CO[Si](C)(C)C(C)(C)C)O[Si](C)(C)C(C)(C)C. The molecule has 5 heteroatoms. The van der Waals surface area contributed by atoms with Crippen LogP contribution in [-0.4, -0.2) is 29.3 Å². The summed E-state index contributed by atoms with van der Waals surface area (Å²) in [5.74, 6) is 0.376. The van der Waals surface area contributed by atoms with Crippen molar-refractivity contribution < 1.29 is 8.85 Å². The highest BCUT2D eigenvalue weighted by Gasteiger charge is 2.42. The summed E-state index contributed by atoms with van der Waals surface area (Å²) < 4.78 is 15.5. The van der Waals surface area contributed by atoms with E-state index < -0.39 is 16.6 Å². The molecule has 0 aliphatic carbocycles. The summed E-state index contributed by atoms with van der Waals surface area (Å²) >= 11 is 2.33. The van der Waals surface area contributed by atoms with Crippen molar-refractivity contribution in [2.75, 3.05) is 6.61 Å². The Morgan fingerprint density at radius 3 is 1.71 bits per heavy atom. The molecule has 2 nitrogen and oxygen atoms in total. The monoisotopic (exact) mass is 484 g/mol. The Hall–Kier alpha value is 0.824. The van der Waals surface area contributed by atoms with E-state index in [4.69, 9.17) is 8.85 Å². The van der Waals surface area contributed by atoms with Gasteiger partial charge in [0, 0.05) is 5.92 Å². The van der Waals surface area contributed by atoms with E-state index in [9.17, 15) is 0 Å². The van der Waals surface area contributed by atoms with Gasteiger partial charge in [-0.15, -0.1) is 0 Å². The average Bonchev–Trinajstić information content (AvgIpc) is 2.39. The van der Waals surface area contributed by atoms with Crippen molar-refractivity contribution in [2.24, 2.45) is 5.92 Å². The maximum absolute atomic E-state index is 6.79. The Kier molecular flexibility index (Phi) is 8.97. The van der Waals surface area contributed by atoms with Crippen molar-refractivity contribution in [1.29, 1.82) is 0 Å². The molecule has 0 saturated heterocycles. The molecule has 0 aromatic heterocycles. The third-order valence-corrected chi connectivity index (χ3v) is 16.1. The highest BCUT2D eigenvalue weighted by molar-refractivity contribution is 14.1. The Bertz CT molecular complexity index is 432. The van der Waals surface area contributed by atoms with E-state index in [1.54, 1.807) is 0 Å². The second-order valence-electron chi connectivity index (χ2n) is 10.1. The maximum Gasteiger partial charge on any atom is 0.192 e. The minimum atomic E-state index is -1.83. The molecule has 0 fully saturated rings. The summed E-state index contributed by atoms with van der Waals surface area (Å²) in [6, 6.07) is 0. The van der Waals surface area contributed by atoms with Crippen molar-refractivity contribution in [3.05, 3.63) is 9.66 Å². The van der Waals surface area contributed by atoms with E-state index in [1.807, 2.05) is 0 Å². The third-order valence-electron chi connectivity index (χ3n) is 6.11. The van der Waals surface area contributed by atoms with Gasteiger partial charge in [0.1, 0.15) is 0 Å². The molecule has 24 heavy (non-hydrogen) atoms. The lowest BCUT2D eigenvalue weighted by atomic mass is 9.98. The van der Waals surface area contributed by atoms with Gasteiger partial charge in [-0.05, 0) is 47.3 Å². The zero-order valence-corrected chi connectivity index (χ0v) is 22.3. The minimum absolute atomic E-state index is 0.131. The van der Waals surface area contributed by atoms with E-state index in [-0.39, 0.29) is 16.2 Å². The molecule has 0 aliphatic heterocycles. The van der Waals surface area contributed by atoms with Gasteiger partial charge in [-0.2, -0.15) is 0 Å². The second-order valence-corrected chi connectivity index (χ2v) is 20.3. The molecular weight excluding hydrogens is 443 g/mol. The van der Waals surface area contributed by atoms with E-state index in [0.29, 0.717) is 12.5 Å². The van der Waals surface area contributed by atoms with Crippen molar-refractivity contribution in [3.8, 4) is 0 Å². The van der Waals surface area contributed by atoms with Gasteiger partial charge in [-0.3, -0.25) is 0 Å². The summed E-state index contributed by atoms with van der Waals surface area (Å²) in [5, 5.41) is 0.440. The van der Waals surface area contributed by atoms with Gasteiger partial charge in [0.2, 0.25) is 0 Å². The first-order chi connectivity index (χ1) is 10.5. The van der Waals surface area contributed by atoms with E-state index in [2.05, 4.69) is 108 Å². The average molecular weight is 485 g/mol. The zero-order chi connectivity index (χ0) is 19.6. The smallest absolute Gasteiger partial charge is 0.192 e. The number of hydrogen-bond acceptors (Lipinski definition) is 2. The lowest BCUT2D eigenvalue weighted by Crippen LogP contribution is -2.49. The molecule has 0 saturated carbocycles. The lowest BCUT2D eigenvalue weighted by molar-refractivity contribution is 0.0780. The summed E-state index contributed by atoms with van der Waals surface area (Å²) in [6.07, 6.45) is 0.131. The normalized spacial score (nSPS) is 17.8. The standard InChI is InChI=1S/C19H41IO2Si2/c1-15(13-20)16(2)17(22-24(11,12)19(6,7)8)14-21-23(9,10)18(3,4)5/h13,16-17H,14H2,1-12H3/b15-13+/t16-,17+/m1/s1. The molecule has 0 N–H and O–H groups in total. The first kappa shape index (κ1) is 24.8. The predicted octanol–water partition coefficient (Wildman–Crippen LogP) is 7.37. The molecule has 0 amide bonds. The van der Waals surface area contributed by atoms with Crippen LogP contribution in [0.4, 0.5) is 0 Å². The fraction of sp³-hybridized carbons (Fsp3) is 0.895. The second kappa shape index (κ2) is 8.67. The largest absolute Gasteiger partial charge is 0.414 e. The molecule has 0 unspecified atom stereocenters. The van der Waals surface area contributed by atoms with Crippen LogP contribution in [0.1, 0.15) is 55.4 Å². The Morgan fingerprint density at radius 2 is 1.38 bits per heavy atom.